The van der Waals surface area contributed by atoms with E-state index >= 15 is 0 Å². The Kier molecular flexibility index (Phi) is 5.31. The molecular weight excluding hydrogens is 420 g/mol. The molecule has 148 valence electrons. The molecule has 3 N–H and O–H groups in total. The zero-order valence-electron chi connectivity index (χ0n) is 13.9. The van der Waals surface area contributed by atoms with E-state index in [2.05, 4.69) is 5.32 Å². The second-order valence-corrected chi connectivity index (χ2v) is 7.11. The first-order valence-electron chi connectivity index (χ1n) is 7.96. The van der Waals surface area contributed by atoms with Crippen molar-refractivity contribution in [3.05, 3.63) is 69.7 Å². The maximum absolute atomic E-state index is 13.8. The average Bonchev–Trinajstić information content (AvgIpc) is 2.61. The topological polar surface area (TPSA) is 78.4 Å². The van der Waals surface area contributed by atoms with Gasteiger partial charge in [-0.15, -0.1) is 0 Å². The summed E-state index contributed by atoms with van der Waals surface area (Å²) < 4.78 is 41.3. The minimum absolute atomic E-state index is 0.103. The minimum Gasteiger partial charge on any atom is -0.363 e. The number of carbonyl (C=O) groups excluding carboxylic acids is 2. The monoisotopic (exact) mass is 432 g/mol. The first-order valence-corrected chi connectivity index (χ1v) is 8.71. The summed E-state index contributed by atoms with van der Waals surface area (Å²) in [5, 5.41) is 14.8. The van der Waals surface area contributed by atoms with Gasteiger partial charge in [-0.1, -0.05) is 35.3 Å². The smallest absolute Gasteiger partial charge is 0.363 e. The van der Waals surface area contributed by atoms with Gasteiger partial charge in [-0.2, -0.15) is 13.2 Å². The second-order valence-electron chi connectivity index (χ2n) is 6.24. The van der Waals surface area contributed by atoms with Gasteiger partial charge in [0.25, 0.3) is 0 Å². The molecule has 2 aromatic rings. The number of urea groups is 1. The third kappa shape index (κ3) is 3.67. The maximum atomic E-state index is 13.8. The van der Waals surface area contributed by atoms with Crippen molar-refractivity contribution in [2.75, 3.05) is 0 Å². The zero-order chi connectivity index (χ0) is 20.7. The summed E-state index contributed by atoms with van der Waals surface area (Å²) in [5.41, 5.74) is -3.71. The Hall–Kier alpha value is -2.29. The van der Waals surface area contributed by atoms with Crippen molar-refractivity contribution >= 4 is 35.0 Å². The van der Waals surface area contributed by atoms with E-state index in [1.54, 1.807) is 0 Å². The van der Waals surface area contributed by atoms with Crippen LogP contribution in [-0.4, -0.2) is 28.8 Å². The molecule has 1 aliphatic heterocycles. The van der Waals surface area contributed by atoms with Gasteiger partial charge in [-0.3, -0.25) is 4.79 Å². The first-order chi connectivity index (χ1) is 13.0. The van der Waals surface area contributed by atoms with E-state index in [4.69, 9.17) is 23.2 Å². The summed E-state index contributed by atoms with van der Waals surface area (Å²) in [6, 6.07) is 8.01. The Morgan fingerprint density at radius 1 is 1.00 bits per heavy atom. The van der Waals surface area contributed by atoms with Crippen LogP contribution >= 0.6 is 23.2 Å². The number of amides is 2. The number of hydrogen-bond donors (Lipinski definition) is 3. The highest BCUT2D eigenvalue weighted by molar-refractivity contribution is 6.30. The van der Waals surface area contributed by atoms with Gasteiger partial charge in [0.1, 0.15) is 5.92 Å². The number of Topliss-reactive ketones (excluding diaryl/α,β-unsaturated/α-hetero) is 1. The van der Waals surface area contributed by atoms with Crippen LogP contribution in [-0.2, 0) is 0 Å². The summed E-state index contributed by atoms with van der Waals surface area (Å²) in [4.78, 5) is 24.9. The van der Waals surface area contributed by atoms with Gasteiger partial charge in [0.2, 0.25) is 5.72 Å². The van der Waals surface area contributed by atoms with Gasteiger partial charge in [-0.05, 0) is 42.0 Å². The van der Waals surface area contributed by atoms with Crippen molar-refractivity contribution in [3.63, 3.8) is 0 Å². The average molecular weight is 433 g/mol. The number of carbonyl (C=O) groups is 2. The molecule has 2 aromatic carbocycles. The molecule has 0 saturated carbocycles. The van der Waals surface area contributed by atoms with Gasteiger partial charge >= 0.3 is 12.2 Å². The predicted molar refractivity (Wildman–Crippen MR) is 96.1 cm³/mol. The molecular formula is C18H13Cl2F3N2O3. The molecule has 1 heterocycles. The predicted octanol–water partition coefficient (Wildman–Crippen LogP) is 4.10. The van der Waals surface area contributed by atoms with E-state index in [1.165, 1.54) is 53.8 Å². The number of alkyl halides is 3. The lowest BCUT2D eigenvalue weighted by molar-refractivity contribution is -0.287. The number of halogens is 5. The highest BCUT2D eigenvalue weighted by atomic mass is 35.5. The molecule has 3 atom stereocenters. The van der Waals surface area contributed by atoms with E-state index < -0.39 is 35.7 Å². The van der Waals surface area contributed by atoms with Gasteiger partial charge < -0.3 is 15.7 Å². The molecule has 0 aliphatic carbocycles. The molecule has 1 saturated heterocycles. The van der Waals surface area contributed by atoms with E-state index in [-0.39, 0.29) is 16.1 Å². The highest BCUT2D eigenvalue weighted by Gasteiger charge is 2.66. The summed E-state index contributed by atoms with van der Waals surface area (Å²) >= 11 is 11.6. The lowest BCUT2D eigenvalue weighted by Gasteiger charge is -2.45. The van der Waals surface area contributed by atoms with Gasteiger partial charge in [0.05, 0.1) is 6.04 Å². The fraction of sp³-hybridized carbons (Fsp3) is 0.222. The molecule has 28 heavy (non-hydrogen) atoms. The van der Waals surface area contributed by atoms with Crippen molar-refractivity contribution in [1.82, 2.24) is 10.6 Å². The standard InChI is InChI=1S/C18H13Cl2F3N2O3/c19-11-5-1-9(2-6-11)14-13(15(26)10-3-7-12(20)8-4-10)17(28,18(21,22)23)25-16(27)24-14/h1-8,13-14,28H,(H2,24,25,27)/t13-,14+,17-/m0/s1. The minimum atomic E-state index is -5.32. The molecule has 1 aliphatic rings. The molecule has 0 radical (unpaired) electrons. The number of hydrogen-bond acceptors (Lipinski definition) is 3. The first kappa shape index (κ1) is 20.4. The number of rotatable bonds is 3. The third-order valence-corrected chi connectivity index (χ3v) is 4.95. The molecule has 5 nitrogen and oxygen atoms in total. The molecule has 2 amide bonds. The van der Waals surface area contributed by atoms with E-state index in [0.717, 1.165) is 0 Å². The van der Waals surface area contributed by atoms with E-state index in [1.807, 2.05) is 0 Å². The van der Waals surface area contributed by atoms with Crippen LogP contribution in [0.25, 0.3) is 0 Å². The molecule has 0 unspecified atom stereocenters. The normalized spacial score (nSPS) is 25.0. The fourth-order valence-corrected chi connectivity index (χ4v) is 3.33. The summed E-state index contributed by atoms with van der Waals surface area (Å²) in [5.74, 6) is -3.13. The number of aliphatic hydroxyl groups is 1. The zero-order valence-corrected chi connectivity index (χ0v) is 15.4. The Bertz CT molecular complexity index is 904. The summed E-state index contributed by atoms with van der Waals surface area (Å²) in [6.45, 7) is 0. The van der Waals surface area contributed by atoms with E-state index in [0.29, 0.717) is 5.02 Å². The number of ketones is 1. The molecule has 0 aromatic heterocycles. The maximum Gasteiger partial charge on any atom is 0.437 e. The van der Waals surface area contributed by atoms with Crippen LogP contribution in [0.1, 0.15) is 22.0 Å². The molecule has 10 heteroatoms. The van der Waals surface area contributed by atoms with Crippen LogP contribution in [0.15, 0.2) is 48.5 Å². The molecule has 0 spiro atoms. The van der Waals surface area contributed by atoms with E-state index in [9.17, 15) is 27.9 Å². The lowest BCUT2D eigenvalue weighted by atomic mass is 9.77. The largest absolute Gasteiger partial charge is 0.437 e. The van der Waals surface area contributed by atoms with Crippen LogP contribution in [0.4, 0.5) is 18.0 Å². The van der Waals surface area contributed by atoms with Crippen LogP contribution in [0.5, 0.6) is 0 Å². The Balaban J connectivity index is 2.15. The van der Waals surface area contributed by atoms with Gasteiger partial charge in [0.15, 0.2) is 5.78 Å². The van der Waals surface area contributed by atoms with Crippen LogP contribution in [0, 0.1) is 5.92 Å². The van der Waals surface area contributed by atoms with Crippen molar-refractivity contribution < 1.29 is 27.9 Å². The van der Waals surface area contributed by atoms with Crippen molar-refractivity contribution in [2.24, 2.45) is 5.92 Å². The molecule has 3 rings (SSSR count). The Labute approximate surface area is 167 Å². The Morgan fingerprint density at radius 3 is 2.00 bits per heavy atom. The number of benzene rings is 2. The quantitative estimate of drug-likeness (QED) is 0.638. The SMILES string of the molecule is O=C1N[C@H](c2ccc(Cl)cc2)[C@@H](C(=O)c2ccc(Cl)cc2)[C@](O)(C(F)(F)F)N1. The Morgan fingerprint density at radius 2 is 1.50 bits per heavy atom. The van der Waals surface area contributed by atoms with Crippen LogP contribution in [0.2, 0.25) is 10.0 Å². The number of nitrogens with one attached hydrogen (secondary N) is 2. The lowest BCUT2D eigenvalue weighted by Crippen LogP contribution is -2.72. The van der Waals surface area contributed by atoms with Gasteiger partial charge in [0, 0.05) is 15.6 Å². The molecule has 0 bridgehead atoms. The van der Waals surface area contributed by atoms with Crippen molar-refractivity contribution in [1.29, 1.82) is 0 Å². The second kappa shape index (κ2) is 7.27. The highest BCUT2D eigenvalue weighted by Crippen LogP contribution is 2.44. The summed E-state index contributed by atoms with van der Waals surface area (Å²) in [7, 11) is 0. The van der Waals surface area contributed by atoms with Crippen molar-refractivity contribution in [3.8, 4) is 0 Å². The van der Waals surface area contributed by atoms with Crippen LogP contribution < -0.4 is 10.6 Å². The molecule has 1 fully saturated rings. The fourth-order valence-electron chi connectivity index (χ4n) is 3.08. The van der Waals surface area contributed by atoms with Crippen LogP contribution in [0.3, 0.4) is 0 Å². The van der Waals surface area contributed by atoms with Gasteiger partial charge in [-0.25, -0.2) is 4.79 Å². The summed E-state index contributed by atoms with van der Waals surface area (Å²) in [6.07, 6.45) is -5.32. The third-order valence-electron chi connectivity index (χ3n) is 4.45. The van der Waals surface area contributed by atoms with Crippen molar-refractivity contribution in [2.45, 2.75) is 17.9 Å².